The van der Waals surface area contributed by atoms with Crippen molar-refractivity contribution in [3.8, 4) is 5.75 Å². The van der Waals surface area contributed by atoms with Crippen LogP contribution in [0.1, 0.15) is 38.7 Å². The van der Waals surface area contributed by atoms with Crippen molar-refractivity contribution in [1.29, 1.82) is 0 Å². The van der Waals surface area contributed by atoms with Crippen LogP contribution in [0.25, 0.3) is 0 Å². The summed E-state index contributed by atoms with van der Waals surface area (Å²) < 4.78 is 26.5. The molecule has 1 aromatic carbocycles. The summed E-state index contributed by atoms with van der Waals surface area (Å²) in [5.41, 5.74) is 0.0765. The summed E-state index contributed by atoms with van der Waals surface area (Å²) in [6.45, 7) is 2.98. The molecule has 9 heteroatoms. The van der Waals surface area contributed by atoms with Gasteiger partial charge in [0.05, 0.1) is 11.1 Å². The molecule has 3 N–H and O–H groups in total. The third kappa shape index (κ3) is 4.41. The third-order valence-corrected chi connectivity index (χ3v) is 5.62. The highest BCUT2D eigenvalue weighted by atomic mass is 32.2. The lowest BCUT2D eigenvalue weighted by atomic mass is 9.87. The molecule has 0 bridgehead atoms. The van der Waals surface area contributed by atoms with Crippen LogP contribution < -0.4 is 9.03 Å². The smallest absolute Gasteiger partial charge is 0.326 e. The maximum absolute atomic E-state index is 11.9. The van der Waals surface area contributed by atoms with E-state index in [9.17, 15) is 23.1 Å². The quantitative estimate of drug-likeness (QED) is 0.623. The van der Waals surface area contributed by atoms with Gasteiger partial charge in [0.15, 0.2) is 0 Å². The molecule has 0 atom stereocenters. The van der Waals surface area contributed by atoms with Crippen LogP contribution in [0.5, 0.6) is 5.75 Å². The number of benzene rings is 1. The number of nitrogens with zero attached hydrogens (tertiary/aromatic N) is 1. The van der Waals surface area contributed by atoms with Crippen molar-refractivity contribution >= 4 is 27.8 Å². The number of aromatic hydroxyl groups is 1. The summed E-state index contributed by atoms with van der Waals surface area (Å²) in [6, 6.07) is 4.61. The Morgan fingerprint density at radius 1 is 1.32 bits per heavy atom. The highest BCUT2D eigenvalue weighted by molar-refractivity contribution is 7.92. The van der Waals surface area contributed by atoms with Gasteiger partial charge in [0.2, 0.25) is 0 Å². The second-order valence-electron chi connectivity index (χ2n) is 6.76. The standard InChI is InChI=1S/C16H22N2O6S/c1-16(2,15(21)22)8-4-3-5-11-6-7-13(19)12(9-11)18-10-14(20)17-25(18,23)24/h6-7,9,19H,3-5,8,10H2,1-2H3,(H,17,20)(H,21,22). The van der Waals surface area contributed by atoms with Crippen molar-refractivity contribution in [2.75, 3.05) is 10.8 Å². The Labute approximate surface area is 146 Å². The summed E-state index contributed by atoms with van der Waals surface area (Å²) in [6.07, 6.45) is 2.58. The highest BCUT2D eigenvalue weighted by Crippen LogP contribution is 2.32. The number of amides is 1. The van der Waals surface area contributed by atoms with Crippen LogP contribution in [-0.2, 0) is 26.2 Å². The molecule has 0 aliphatic carbocycles. The normalized spacial score (nSPS) is 16.7. The van der Waals surface area contributed by atoms with E-state index in [-0.39, 0.29) is 18.0 Å². The van der Waals surface area contributed by atoms with Gasteiger partial charge in [-0.25, -0.2) is 9.03 Å². The first-order valence-electron chi connectivity index (χ1n) is 7.91. The number of rotatable bonds is 7. The number of phenols is 1. The molecule has 1 fully saturated rings. The highest BCUT2D eigenvalue weighted by Gasteiger charge is 2.35. The molecule has 1 saturated heterocycles. The summed E-state index contributed by atoms with van der Waals surface area (Å²) in [7, 11) is -3.97. The Morgan fingerprint density at radius 2 is 2.00 bits per heavy atom. The lowest BCUT2D eigenvalue weighted by Crippen LogP contribution is -2.29. The maximum atomic E-state index is 11.9. The van der Waals surface area contributed by atoms with E-state index in [1.807, 2.05) is 4.72 Å². The monoisotopic (exact) mass is 370 g/mol. The van der Waals surface area contributed by atoms with E-state index in [4.69, 9.17) is 5.11 Å². The number of phenolic OH excluding ortho intramolecular Hbond substituents is 1. The van der Waals surface area contributed by atoms with E-state index in [0.29, 0.717) is 19.3 Å². The zero-order valence-corrected chi connectivity index (χ0v) is 15.0. The number of aliphatic carboxylic acids is 1. The Morgan fingerprint density at radius 3 is 2.56 bits per heavy atom. The number of carboxylic acid groups (broad SMARTS) is 1. The summed E-state index contributed by atoms with van der Waals surface area (Å²) in [5.74, 6) is -1.72. The van der Waals surface area contributed by atoms with E-state index < -0.39 is 27.5 Å². The molecule has 1 heterocycles. The second-order valence-corrected chi connectivity index (χ2v) is 8.35. The lowest BCUT2D eigenvalue weighted by Gasteiger charge is -2.19. The molecule has 1 aliphatic heterocycles. The molecule has 1 aromatic rings. The van der Waals surface area contributed by atoms with Crippen LogP contribution in [-0.4, -0.2) is 37.1 Å². The van der Waals surface area contributed by atoms with Crippen LogP contribution in [0, 0.1) is 5.41 Å². The van der Waals surface area contributed by atoms with Crippen molar-refractivity contribution < 1.29 is 28.2 Å². The zero-order chi connectivity index (χ0) is 18.8. The van der Waals surface area contributed by atoms with Gasteiger partial charge in [0.1, 0.15) is 12.3 Å². The van der Waals surface area contributed by atoms with Gasteiger partial charge in [-0.05, 0) is 50.8 Å². The van der Waals surface area contributed by atoms with Crippen LogP contribution in [0.4, 0.5) is 5.69 Å². The minimum Gasteiger partial charge on any atom is -0.506 e. The van der Waals surface area contributed by atoms with E-state index >= 15 is 0 Å². The third-order valence-electron chi connectivity index (χ3n) is 4.22. The minimum atomic E-state index is -3.97. The number of hydrogen-bond acceptors (Lipinski definition) is 5. The Hall–Kier alpha value is -2.29. The molecule has 0 saturated carbocycles. The van der Waals surface area contributed by atoms with Crippen molar-refractivity contribution in [1.82, 2.24) is 4.72 Å². The average Bonchev–Trinajstić information content (AvgIpc) is 2.77. The first-order valence-corrected chi connectivity index (χ1v) is 9.35. The predicted octanol–water partition coefficient (Wildman–Crippen LogP) is 1.40. The molecule has 0 spiro atoms. The van der Waals surface area contributed by atoms with Crippen molar-refractivity contribution in [2.45, 2.75) is 39.5 Å². The topological polar surface area (TPSA) is 124 Å². The average molecular weight is 370 g/mol. The van der Waals surface area contributed by atoms with Gasteiger partial charge >= 0.3 is 16.2 Å². The van der Waals surface area contributed by atoms with E-state index in [0.717, 1.165) is 16.3 Å². The fraction of sp³-hybridized carbons (Fsp3) is 0.500. The molecular weight excluding hydrogens is 348 g/mol. The molecule has 138 valence electrons. The van der Waals surface area contributed by atoms with Crippen molar-refractivity contribution in [3.05, 3.63) is 23.8 Å². The van der Waals surface area contributed by atoms with E-state index in [1.54, 1.807) is 19.9 Å². The molecule has 1 amide bonds. The van der Waals surface area contributed by atoms with Crippen LogP contribution >= 0.6 is 0 Å². The molecule has 0 aromatic heterocycles. The fourth-order valence-corrected chi connectivity index (χ4v) is 3.74. The van der Waals surface area contributed by atoms with Gasteiger partial charge in [0, 0.05) is 0 Å². The van der Waals surface area contributed by atoms with Gasteiger partial charge in [-0.1, -0.05) is 12.5 Å². The number of nitrogens with one attached hydrogen (secondary N) is 1. The van der Waals surface area contributed by atoms with E-state index in [2.05, 4.69) is 0 Å². The Kier molecular flexibility index (Phi) is 5.26. The maximum Gasteiger partial charge on any atom is 0.326 e. The summed E-state index contributed by atoms with van der Waals surface area (Å²) in [5, 5.41) is 19.0. The molecule has 1 aliphatic rings. The molecule has 2 rings (SSSR count). The first-order chi connectivity index (χ1) is 11.5. The number of carboxylic acids is 1. The number of anilines is 1. The Bertz CT molecular complexity index is 788. The van der Waals surface area contributed by atoms with Gasteiger partial charge in [0.25, 0.3) is 5.91 Å². The molecular formula is C16H22N2O6S. The van der Waals surface area contributed by atoms with Gasteiger partial charge < -0.3 is 10.2 Å². The zero-order valence-electron chi connectivity index (χ0n) is 14.2. The summed E-state index contributed by atoms with van der Waals surface area (Å²) >= 11 is 0. The SMILES string of the molecule is CC(C)(CCCCc1ccc(O)c(N2CC(=O)NS2(=O)=O)c1)C(=O)O. The largest absolute Gasteiger partial charge is 0.506 e. The fourth-order valence-electron chi connectivity index (χ4n) is 2.59. The second kappa shape index (κ2) is 6.91. The number of carbonyl (C=O) groups excluding carboxylic acids is 1. The number of carbonyl (C=O) groups is 2. The minimum absolute atomic E-state index is 0.0571. The Balaban J connectivity index is 2.05. The number of unbranched alkanes of at least 4 members (excludes halogenated alkanes) is 1. The molecule has 0 unspecified atom stereocenters. The van der Waals surface area contributed by atoms with Crippen molar-refractivity contribution in [2.24, 2.45) is 5.41 Å². The van der Waals surface area contributed by atoms with Gasteiger partial charge in [-0.3, -0.25) is 9.59 Å². The molecule has 0 radical (unpaired) electrons. The predicted molar refractivity (Wildman–Crippen MR) is 91.5 cm³/mol. The van der Waals surface area contributed by atoms with Crippen LogP contribution in [0.2, 0.25) is 0 Å². The molecule has 25 heavy (non-hydrogen) atoms. The van der Waals surface area contributed by atoms with Crippen molar-refractivity contribution in [3.63, 3.8) is 0 Å². The van der Waals surface area contributed by atoms with Crippen LogP contribution in [0.15, 0.2) is 18.2 Å². The van der Waals surface area contributed by atoms with Gasteiger partial charge in [-0.2, -0.15) is 8.42 Å². The van der Waals surface area contributed by atoms with Gasteiger partial charge in [-0.15, -0.1) is 0 Å². The van der Waals surface area contributed by atoms with E-state index in [1.165, 1.54) is 12.1 Å². The number of aryl methyl sites for hydroxylation is 1. The molecule has 8 nitrogen and oxygen atoms in total. The number of hydrogen-bond donors (Lipinski definition) is 3. The van der Waals surface area contributed by atoms with Crippen LogP contribution in [0.3, 0.4) is 0 Å². The summed E-state index contributed by atoms with van der Waals surface area (Å²) in [4.78, 5) is 22.4. The lowest BCUT2D eigenvalue weighted by molar-refractivity contribution is -0.147. The first kappa shape index (κ1) is 19.0.